The molecule has 0 bridgehead atoms. The van der Waals surface area contributed by atoms with Crippen molar-refractivity contribution in [1.29, 1.82) is 0 Å². The van der Waals surface area contributed by atoms with Gasteiger partial charge in [0.2, 0.25) is 5.91 Å². The smallest absolute Gasteiger partial charge is 0.407 e. The molecule has 0 aromatic heterocycles. The molecule has 0 aliphatic heterocycles. The van der Waals surface area contributed by atoms with Crippen LogP contribution in [0.3, 0.4) is 0 Å². The summed E-state index contributed by atoms with van der Waals surface area (Å²) in [7, 11) is 3.73. The minimum Gasteiger partial charge on any atom is -0.480 e. The van der Waals surface area contributed by atoms with Crippen LogP contribution in [0.5, 0.6) is 0 Å². The summed E-state index contributed by atoms with van der Waals surface area (Å²) in [5.74, 6) is -1.29. The van der Waals surface area contributed by atoms with E-state index in [1.54, 1.807) is 0 Å². The number of benzene rings is 2. The molecule has 0 saturated carbocycles. The van der Waals surface area contributed by atoms with E-state index in [2.05, 4.69) is 29.6 Å². The number of nitrogens with zero attached hydrogens (tertiary/aromatic N) is 2. The highest BCUT2D eigenvalue weighted by Crippen LogP contribution is 2.44. The van der Waals surface area contributed by atoms with E-state index < -0.39 is 12.1 Å². The molecular formula is C25H31N3O5. The lowest BCUT2D eigenvalue weighted by Crippen LogP contribution is -2.40. The van der Waals surface area contributed by atoms with Gasteiger partial charge in [-0.2, -0.15) is 0 Å². The van der Waals surface area contributed by atoms with Crippen LogP contribution in [0.1, 0.15) is 29.9 Å². The predicted molar refractivity (Wildman–Crippen MR) is 125 cm³/mol. The molecule has 0 heterocycles. The zero-order valence-electron chi connectivity index (χ0n) is 19.1. The highest BCUT2D eigenvalue weighted by atomic mass is 16.5. The number of amides is 2. The van der Waals surface area contributed by atoms with Crippen molar-refractivity contribution in [2.75, 3.05) is 46.9 Å². The average Bonchev–Trinajstić information content (AvgIpc) is 3.11. The van der Waals surface area contributed by atoms with Crippen molar-refractivity contribution in [3.05, 3.63) is 59.7 Å². The highest BCUT2D eigenvalue weighted by Gasteiger charge is 2.29. The maximum absolute atomic E-state index is 12.4. The second-order valence-corrected chi connectivity index (χ2v) is 8.37. The molecule has 2 amide bonds. The lowest BCUT2D eigenvalue weighted by molar-refractivity contribution is -0.144. The van der Waals surface area contributed by atoms with E-state index in [0.717, 1.165) is 11.1 Å². The van der Waals surface area contributed by atoms with E-state index in [1.807, 2.05) is 43.3 Å². The molecule has 0 spiro atoms. The fourth-order valence-electron chi connectivity index (χ4n) is 4.01. The summed E-state index contributed by atoms with van der Waals surface area (Å²) in [6, 6.07) is 16.3. The van der Waals surface area contributed by atoms with Gasteiger partial charge < -0.3 is 25.0 Å². The molecular weight excluding hydrogens is 422 g/mol. The first-order valence-electron chi connectivity index (χ1n) is 11.1. The molecule has 3 rings (SSSR count). The third kappa shape index (κ3) is 6.55. The molecule has 2 aromatic carbocycles. The molecule has 1 aliphatic rings. The van der Waals surface area contributed by atoms with Crippen molar-refractivity contribution in [2.24, 2.45) is 0 Å². The molecule has 0 saturated heterocycles. The van der Waals surface area contributed by atoms with Crippen molar-refractivity contribution in [3.8, 4) is 11.1 Å². The fraction of sp³-hybridized carbons (Fsp3) is 0.400. The van der Waals surface area contributed by atoms with Crippen LogP contribution in [0, 0.1) is 0 Å². The molecule has 33 heavy (non-hydrogen) atoms. The van der Waals surface area contributed by atoms with Gasteiger partial charge in [0.25, 0.3) is 0 Å². The summed E-state index contributed by atoms with van der Waals surface area (Å²) in [5.41, 5.74) is 4.63. The third-order valence-corrected chi connectivity index (χ3v) is 5.68. The Hall–Kier alpha value is -3.39. The van der Waals surface area contributed by atoms with E-state index in [-0.39, 0.29) is 37.9 Å². The number of carbonyl (C=O) groups is 3. The number of likely N-dealkylation sites (N-methyl/N-ethyl adjacent to an activating group) is 1. The number of nitrogens with one attached hydrogen (secondary N) is 1. The summed E-state index contributed by atoms with van der Waals surface area (Å²) in [6.07, 6.45) is 0.0326. The number of carbonyl (C=O) groups excluding carboxylic acids is 2. The lowest BCUT2D eigenvalue weighted by atomic mass is 9.98. The monoisotopic (exact) mass is 453 g/mol. The Labute approximate surface area is 194 Å². The Kier molecular flexibility index (Phi) is 8.43. The van der Waals surface area contributed by atoms with E-state index >= 15 is 0 Å². The minimum absolute atomic E-state index is 0.00833. The Morgan fingerprint density at radius 3 is 2.15 bits per heavy atom. The molecule has 0 unspecified atom stereocenters. The van der Waals surface area contributed by atoms with Gasteiger partial charge in [-0.1, -0.05) is 48.5 Å². The Balaban J connectivity index is 1.44. The van der Waals surface area contributed by atoms with E-state index in [1.165, 1.54) is 16.0 Å². The molecule has 0 fully saturated rings. The highest BCUT2D eigenvalue weighted by molar-refractivity contribution is 5.81. The van der Waals surface area contributed by atoms with Crippen molar-refractivity contribution in [3.63, 3.8) is 0 Å². The molecule has 8 nitrogen and oxygen atoms in total. The van der Waals surface area contributed by atoms with Crippen LogP contribution in [-0.4, -0.2) is 79.8 Å². The zero-order chi connectivity index (χ0) is 23.8. The van der Waals surface area contributed by atoms with Crippen LogP contribution in [0.15, 0.2) is 48.5 Å². The van der Waals surface area contributed by atoms with Gasteiger partial charge in [0.05, 0.1) is 0 Å². The average molecular weight is 454 g/mol. The Morgan fingerprint density at radius 2 is 1.58 bits per heavy atom. The van der Waals surface area contributed by atoms with Crippen LogP contribution < -0.4 is 5.32 Å². The number of hydrogen-bond donors (Lipinski definition) is 2. The second kappa shape index (κ2) is 11.5. The molecule has 2 N–H and O–H groups in total. The molecule has 2 aromatic rings. The Morgan fingerprint density at radius 1 is 0.970 bits per heavy atom. The summed E-state index contributed by atoms with van der Waals surface area (Å²) in [5, 5.41) is 11.7. The van der Waals surface area contributed by atoms with E-state index in [0.29, 0.717) is 19.5 Å². The van der Waals surface area contributed by atoms with Gasteiger partial charge in [-0.3, -0.25) is 9.59 Å². The fourth-order valence-corrected chi connectivity index (χ4v) is 4.01. The van der Waals surface area contributed by atoms with Crippen LogP contribution in [0.2, 0.25) is 0 Å². The quantitative estimate of drug-likeness (QED) is 0.508. The first-order valence-corrected chi connectivity index (χ1v) is 11.1. The standard InChI is InChI=1S/C25H31N3O5/c1-27(2)14-15-28(16-24(30)31)23(29)12-7-13-26-25(32)33-17-22-20-10-5-3-8-18(20)19-9-4-6-11-21(19)22/h3-6,8-11,22H,7,12-17H2,1-2H3,(H,26,32)(H,30,31). The van der Waals surface area contributed by atoms with Crippen molar-refractivity contribution < 1.29 is 24.2 Å². The summed E-state index contributed by atoms with van der Waals surface area (Å²) in [6.45, 7) is 1.11. The van der Waals surface area contributed by atoms with Crippen LogP contribution in [-0.2, 0) is 14.3 Å². The third-order valence-electron chi connectivity index (χ3n) is 5.68. The number of fused-ring (bicyclic) bond motifs is 3. The molecule has 176 valence electrons. The normalized spacial score (nSPS) is 12.2. The maximum Gasteiger partial charge on any atom is 0.407 e. The maximum atomic E-state index is 12.4. The van der Waals surface area contributed by atoms with E-state index in [4.69, 9.17) is 9.84 Å². The first-order chi connectivity index (χ1) is 15.9. The second-order valence-electron chi connectivity index (χ2n) is 8.37. The number of rotatable bonds is 11. The van der Waals surface area contributed by atoms with Crippen molar-refractivity contribution in [2.45, 2.75) is 18.8 Å². The van der Waals surface area contributed by atoms with Gasteiger partial charge in [-0.05, 0) is 42.8 Å². The SMILES string of the molecule is CN(C)CCN(CC(=O)O)C(=O)CCCNC(=O)OCC1c2ccccc2-c2ccccc21. The number of aliphatic carboxylic acids is 1. The summed E-state index contributed by atoms with van der Waals surface area (Å²) >= 11 is 0. The van der Waals surface area contributed by atoms with Crippen molar-refractivity contribution in [1.82, 2.24) is 15.1 Å². The van der Waals surface area contributed by atoms with Crippen molar-refractivity contribution >= 4 is 18.0 Å². The Bertz CT molecular complexity index is 946. The van der Waals surface area contributed by atoms with Gasteiger partial charge in [0.15, 0.2) is 0 Å². The number of carboxylic acids is 1. The topological polar surface area (TPSA) is 99.2 Å². The van der Waals surface area contributed by atoms with Gasteiger partial charge in [-0.25, -0.2) is 4.79 Å². The van der Waals surface area contributed by atoms with Gasteiger partial charge in [0.1, 0.15) is 13.2 Å². The van der Waals surface area contributed by atoms with Gasteiger partial charge in [0, 0.05) is 32.0 Å². The molecule has 0 radical (unpaired) electrons. The summed E-state index contributed by atoms with van der Waals surface area (Å²) in [4.78, 5) is 38.8. The predicted octanol–water partition coefficient (Wildman–Crippen LogP) is 2.78. The first kappa shape index (κ1) is 24.3. The van der Waals surface area contributed by atoms with Crippen LogP contribution in [0.25, 0.3) is 11.1 Å². The van der Waals surface area contributed by atoms with Gasteiger partial charge >= 0.3 is 12.1 Å². The van der Waals surface area contributed by atoms with Gasteiger partial charge in [-0.15, -0.1) is 0 Å². The summed E-state index contributed by atoms with van der Waals surface area (Å²) < 4.78 is 5.48. The number of carboxylic acid groups (broad SMARTS) is 1. The molecule has 1 aliphatic carbocycles. The zero-order valence-corrected chi connectivity index (χ0v) is 19.1. The number of ether oxygens (including phenoxy) is 1. The lowest BCUT2D eigenvalue weighted by Gasteiger charge is -2.22. The van der Waals surface area contributed by atoms with Crippen LogP contribution in [0.4, 0.5) is 4.79 Å². The number of alkyl carbamates (subject to hydrolysis) is 1. The van der Waals surface area contributed by atoms with E-state index in [9.17, 15) is 14.4 Å². The number of hydrogen-bond acceptors (Lipinski definition) is 5. The minimum atomic E-state index is -1.04. The largest absolute Gasteiger partial charge is 0.480 e. The molecule has 0 atom stereocenters. The van der Waals surface area contributed by atoms with Crippen LogP contribution >= 0.6 is 0 Å². The molecule has 8 heteroatoms.